The maximum absolute atomic E-state index is 12.4. The van der Waals surface area contributed by atoms with Crippen molar-refractivity contribution in [3.05, 3.63) is 76.8 Å². The lowest BCUT2D eigenvalue weighted by atomic mass is 10.0. The molecule has 3 aromatic carbocycles. The van der Waals surface area contributed by atoms with Gasteiger partial charge < -0.3 is 15.4 Å². The first-order valence-electron chi connectivity index (χ1n) is 9.95. The molecule has 0 radical (unpaired) electrons. The smallest absolute Gasteiger partial charge is 0.251 e. The van der Waals surface area contributed by atoms with Crippen LogP contribution in [0.25, 0.3) is 21.2 Å². The Hall–Kier alpha value is -2.90. The van der Waals surface area contributed by atoms with Gasteiger partial charge >= 0.3 is 0 Å². The standard InChI is InChI=1S/C24H22BrN3O2S/c1-30-20-10-7-17(8-11-20)16-3-5-18(6-4-16)24(29)27-14-2-13-26-23-21-15-19(25)9-12-22(21)31-28-23/h3-12,15H,2,13-14H2,1H3,(H,26,28)(H,27,29). The summed E-state index contributed by atoms with van der Waals surface area (Å²) in [5.74, 6) is 1.65. The van der Waals surface area contributed by atoms with Gasteiger partial charge in [-0.15, -0.1) is 0 Å². The van der Waals surface area contributed by atoms with Gasteiger partial charge in [0.25, 0.3) is 5.91 Å². The van der Waals surface area contributed by atoms with Crippen molar-refractivity contribution < 1.29 is 9.53 Å². The highest BCUT2D eigenvalue weighted by Gasteiger charge is 2.08. The van der Waals surface area contributed by atoms with Gasteiger partial charge in [-0.05, 0) is 71.5 Å². The van der Waals surface area contributed by atoms with Crippen molar-refractivity contribution >= 4 is 49.3 Å². The minimum Gasteiger partial charge on any atom is -0.497 e. The molecular formula is C24H22BrN3O2S. The van der Waals surface area contributed by atoms with E-state index in [0.717, 1.165) is 50.2 Å². The van der Waals surface area contributed by atoms with Crippen molar-refractivity contribution in [2.75, 3.05) is 25.5 Å². The number of nitrogens with one attached hydrogen (secondary N) is 2. The molecule has 0 bridgehead atoms. The Morgan fingerprint density at radius 3 is 2.42 bits per heavy atom. The van der Waals surface area contributed by atoms with Crippen molar-refractivity contribution in [1.82, 2.24) is 9.69 Å². The predicted octanol–water partition coefficient (Wildman–Crippen LogP) is 5.97. The second kappa shape index (κ2) is 9.94. The fraction of sp³-hybridized carbons (Fsp3) is 0.167. The van der Waals surface area contributed by atoms with E-state index in [1.54, 1.807) is 7.11 Å². The summed E-state index contributed by atoms with van der Waals surface area (Å²) in [4.78, 5) is 12.4. The quantitative estimate of drug-likeness (QED) is 0.295. The number of nitrogens with zero attached hydrogens (tertiary/aromatic N) is 1. The molecule has 4 rings (SSSR count). The number of rotatable bonds is 8. The van der Waals surface area contributed by atoms with E-state index in [2.05, 4.69) is 43.1 Å². The highest BCUT2D eigenvalue weighted by Crippen LogP contribution is 2.29. The normalized spacial score (nSPS) is 10.8. The number of ether oxygens (including phenoxy) is 1. The first-order chi connectivity index (χ1) is 15.1. The van der Waals surface area contributed by atoms with E-state index in [1.165, 1.54) is 11.5 Å². The lowest BCUT2D eigenvalue weighted by molar-refractivity contribution is 0.0953. The number of fused-ring (bicyclic) bond motifs is 1. The molecule has 5 nitrogen and oxygen atoms in total. The van der Waals surface area contributed by atoms with E-state index >= 15 is 0 Å². The molecule has 158 valence electrons. The molecule has 0 unspecified atom stereocenters. The summed E-state index contributed by atoms with van der Waals surface area (Å²) in [7, 11) is 1.65. The van der Waals surface area contributed by atoms with Gasteiger partial charge in [0, 0.05) is 28.5 Å². The Kier molecular flexibility index (Phi) is 6.84. The van der Waals surface area contributed by atoms with Crippen LogP contribution >= 0.6 is 27.5 Å². The van der Waals surface area contributed by atoms with Gasteiger partial charge in [0.15, 0.2) is 0 Å². The molecule has 0 fully saturated rings. The average Bonchev–Trinajstić information content (AvgIpc) is 3.21. The minimum atomic E-state index is -0.0654. The lowest BCUT2D eigenvalue weighted by Crippen LogP contribution is -2.25. The maximum atomic E-state index is 12.4. The summed E-state index contributed by atoms with van der Waals surface area (Å²) in [6.07, 6.45) is 0.808. The highest BCUT2D eigenvalue weighted by molar-refractivity contribution is 9.10. The third kappa shape index (κ3) is 5.24. The topological polar surface area (TPSA) is 63.2 Å². The highest BCUT2D eigenvalue weighted by atomic mass is 79.9. The zero-order valence-electron chi connectivity index (χ0n) is 17.0. The third-order valence-corrected chi connectivity index (χ3v) is 6.25. The van der Waals surface area contributed by atoms with Crippen molar-refractivity contribution in [2.45, 2.75) is 6.42 Å². The second-order valence-corrected chi connectivity index (χ2v) is 8.73. The molecule has 0 aliphatic rings. The monoisotopic (exact) mass is 495 g/mol. The molecule has 0 aliphatic heterocycles. The Labute approximate surface area is 193 Å². The predicted molar refractivity (Wildman–Crippen MR) is 131 cm³/mol. The number of carbonyl (C=O) groups is 1. The Balaban J connectivity index is 1.25. The molecule has 1 amide bonds. The molecule has 1 aromatic heterocycles. The molecule has 1 heterocycles. The molecule has 2 N–H and O–H groups in total. The van der Waals surface area contributed by atoms with E-state index in [-0.39, 0.29) is 5.91 Å². The summed E-state index contributed by atoms with van der Waals surface area (Å²) < 4.78 is 11.9. The lowest BCUT2D eigenvalue weighted by Gasteiger charge is -2.08. The molecule has 0 saturated heterocycles. The maximum Gasteiger partial charge on any atom is 0.251 e. The first-order valence-corrected chi connectivity index (χ1v) is 11.5. The van der Waals surface area contributed by atoms with Crippen molar-refractivity contribution in [3.63, 3.8) is 0 Å². The first kappa shape index (κ1) is 21.3. The third-order valence-electron chi connectivity index (χ3n) is 4.93. The largest absolute Gasteiger partial charge is 0.497 e. The molecule has 0 atom stereocenters. The molecule has 0 spiro atoms. The van der Waals surface area contributed by atoms with Gasteiger partial charge in [-0.2, -0.15) is 4.37 Å². The summed E-state index contributed by atoms with van der Waals surface area (Å²) in [6, 6.07) is 21.6. The van der Waals surface area contributed by atoms with Crippen LogP contribution in [0.3, 0.4) is 0 Å². The average molecular weight is 496 g/mol. The van der Waals surface area contributed by atoms with Gasteiger partial charge in [-0.3, -0.25) is 4.79 Å². The fourth-order valence-corrected chi connectivity index (χ4v) is 4.33. The number of methoxy groups -OCH3 is 1. The number of hydrogen-bond acceptors (Lipinski definition) is 5. The van der Waals surface area contributed by atoms with Gasteiger partial charge in [-0.25, -0.2) is 0 Å². The van der Waals surface area contributed by atoms with Crippen LogP contribution in [0.5, 0.6) is 5.75 Å². The van der Waals surface area contributed by atoms with Crippen LogP contribution in [-0.4, -0.2) is 30.5 Å². The second-order valence-electron chi connectivity index (χ2n) is 7.01. The Morgan fingerprint density at radius 1 is 1.00 bits per heavy atom. The van der Waals surface area contributed by atoms with E-state index in [9.17, 15) is 4.79 Å². The molecule has 0 saturated carbocycles. The van der Waals surface area contributed by atoms with E-state index in [1.807, 2.05) is 54.6 Å². The number of anilines is 1. The van der Waals surface area contributed by atoms with Gasteiger partial charge in [0.2, 0.25) is 0 Å². The zero-order chi connectivity index (χ0) is 21.6. The van der Waals surface area contributed by atoms with Crippen LogP contribution in [0.2, 0.25) is 0 Å². The van der Waals surface area contributed by atoms with Crippen LogP contribution in [-0.2, 0) is 0 Å². The fourth-order valence-electron chi connectivity index (χ4n) is 3.24. The van der Waals surface area contributed by atoms with Crippen molar-refractivity contribution in [1.29, 1.82) is 0 Å². The summed E-state index contributed by atoms with van der Waals surface area (Å²) in [6.45, 7) is 1.33. The molecule has 4 aromatic rings. The summed E-state index contributed by atoms with van der Waals surface area (Å²) >= 11 is 4.98. The van der Waals surface area contributed by atoms with E-state index in [4.69, 9.17) is 4.74 Å². The summed E-state index contributed by atoms with van der Waals surface area (Å²) in [5, 5.41) is 7.45. The molecule has 0 aliphatic carbocycles. The van der Waals surface area contributed by atoms with E-state index < -0.39 is 0 Å². The van der Waals surface area contributed by atoms with Crippen LogP contribution < -0.4 is 15.4 Å². The number of hydrogen-bond donors (Lipinski definition) is 2. The van der Waals surface area contributed by atoms with Crippen LogP contribution in [0.1, 0.15) is 16.8 Å². The van der Waals surface area contributed by atoms with Crippen molar-refractivity contribution in [3.8, 4) is 16.9 Å². The van der Waals surface area contributed by atoms with Crippen LogP contribution in [0.4, 0.5) is 5.82 Å². The van der Waals surface area contributed by atoms with Crippen molar-refractivity contribution in [2.24, 2.45) is 0 Å². The number of carbonyl (C=O) groups excluding carboxylic acids is 1. The van der Waals surface area contributed by atoms with Gasteiger partial charge in [-0.1, -0.05) is 40.2 Å². The number of amides is 1. The van der Waals surface area contributed by atoms with Crippen LogP contribution in [0.15, 0.2) is 71.2 Å². The molecular weight excluding hydrogens is 474 g/mol. The van der Waals surface area contributed by atoms with Crippen LogP contribution in [0, 0.1) is 0 Å². The minimum absolute atomic E-state index is 0.0654. The molecule has 7 heteroatoms. The SMILES string of the molecule is COc1ccc(-c2ccc(C(=O)NCCCNc3nsc4ccc(Br)cc34)cc2)cc1. The number of halogens is 1. The summed E-state index contributed by atoms with van der Waals surface area (Å²) in [5.41, 5.74) is 2.80. The van der Waals surface area contributed by atoms with E-state index in [0.29, 0.717) is 12.1 Å². The Morgan fingerprint density at radius 2 is 1.71 bits per heavy atom. The zero-order valence-corrected chi connectivity index (χ0v) is 19.4. The number of benzene rings is 3. The molecule has 31 heavy (non-hydrogen) atoms. The Bertz CT molecular complexity index is 1170. The number of aromatic nitrogens is 1. The van der Waals surface area contributed by atoms with Gasteiger partial charge in [0.1, 0.15) is 11.6 Å². The van der Waals surface area contributed by atoms with Gasteiger partial charge in [0.05, 0.1) is 11.8 Å².